The van der Waals surface area contributed by atoms with E-state index in [-0.39, 0.29) is 5.02 Å². The molecular weight excluding hydrogens is 353 g/mol. The maximum Gasteiger partial charge on any atom is 0.316 e. The van der Waals surface area contributed by atoms with Gasteiger partial charge in [0.25, 0.3) is 5.91 Å². The van der Waals surface area contributed by atoms with Gasteiger partial charge in [-0.1, -0.05) is 53.5 Å². The summed E-state index contributed by atoms with van der Waals surface area (Å²) in [5.74, 6) is -2.61. The van der Waals surface area contributed by atoms with E-state index in [1.165, 1.54) is 25.3 Å². The number of anilines is 1. The third-order valence-corrected chi connectivity index (χ3v) is 4.12. The number of rotatable bonds is 5. The van der Waals surface area contributed by atoms with Crippen LogP contribution in [0.4, 0.5) is 5.69 Å². The summed E-state index contributed by atoms with van der Waals surface area (Å²) in [7, 11) is 1.20. The van der Waals surface area contributed by atoms with Crippen molar-refractivity contribution in [1.29, 1.82) is 0 Å². The molecule has 0 radical (unpaired) electrons. The fourth-order valence-electron chi connectivity index (χ4n) is 2.18. The first kappa shape index (κ1) is 18.3. The third kappa shape index (κ3) is 4.26. The molecule has 24 heavy (non-hydrogen) atoms. The smallest absolute Gasteiger partial charge is 0.316 e. The third-order valence-electron chi connectivity index (χ3n) is 3.39. The Labute approximate surface area is 149 Å². The van der Waals surface area contributed by atoms with E-state index in [0.717, 1.165) is 0 Å². The standard InChI is InChI=1S/C17H15Cl2NO4/c1-24-17(23)14(10-5-3-2-4-6-10)15(21)16(22)20-11-7-8-12(18)13(19)9-11/h2-9,14-15,21H,1H3,(H,20,22). The normalized spacial score (nSPS) is 13.0. The van der Waals surface area contributed by atoms with Crippen LogP contribution < -0.4 is 5.32 Å². The number of nitrogens with one attached hydrogen (secondary N) is 1. The zero-order valence-corrected chi connectivity index (χ0v) is 14.2. The molecule has 0 bridgehead atoms. The number of ether oxygens (including phenoxy) is 1. The Hall–Kier alpha value is -2.08. The molecule has 0 heterocycles. The Morgan fingerprint density at radius 2 is 1.75 bits per heavy atom. The van der Waals surface area contributed by atoms with Crippen molar-refractivity contribution in [3.8, 4) is 0 Å². The van der Waals surface area contributed by atoms with Gasteiger partial charge in [-0.05, 0) is 23.8 Å². The lowest BCUT2D eigenvalue weighted by Crippen LogP contribution is -2.37. The lowest BCUT2D eigenvalue weighted by molar-refractivity contribution is -0.148. The zero-order valence-electron chi connectivity index (χ0n) is 12.7. The molecule has 2 aromatic rings. The number of carbonyl (C=O) groups excluding carboxylic acids is 2. The minimum absolute atomic E-state index is 0.261. The number of benzene rings is 2. The van der Waals surface area contributed by atoms with E-state index in [2.05, 4.69) is 5.32 Å². The lowest BCUT2D eigenvalue weighted by atomic mass is 9.93. The molecule has 0 aliphatic heterocycles. The molecule has 0 saturated carbocycles. The largest absolute Gasteiger partial charge is 0.468 e. The van der Waals surface area contributed by atoms with Crippen molar-refractivity contribution >= 4 is 40.8 Å². The predicted molar refractivity (Wildman–Crippen MR) is 92.3 cm³/mol. The van der Waals surface area contributed by atoms with Gasteiger partial charge < -0.3 is 15.2 Å². The second-order valence-corrected chi connectivity index (χ2v) is 5.79. The topological polar surface area (TPSA) is 75.6 Å². The minimum atomic E-state index is -1.63. The van der Waals surface area contributed by atoms with Crippen LogP contribution in [-0.2, 0) is 14.3 Å². The molecular formula is C17H15Cl2NO4. The number of esters is 1. The van der Waals surface area contributed by atoms with E-state index in [4.69, 9.17) is 27.9 Å². The molecule has 0 spiro atoms. The number of methoxy groups -OCH3 is 1. The molecule has 7 heteroatoms. The van der Waals surface area contributed by atoms with Crippen molar-refractivity contribution in [3.05, 3.63) is 64.1 Å². The monoisotopic (exact) mass is 367 g/mol. The van der Waals surface area contributed by atoms with E-state index >= 15 is 0 Å². The maximum atomic E-state index is 12.3. The molecule has 2 unspecified atom stereocenters. The number of hydrogen-bond acceptors (Lipinski definition) is 4. The number of carbonyl (C=O) groups is 2. The Bertz CT molecular complexity index is 737. The number of halogens is 2. The van der Waals surface area contributed by atoms with E-state index < -0.39 is 23.9 Å². The van der Waals surface area contributed by atoms with Crippen molar-refractivity contribution in [2.75, 3.05) is 12.4 Å². The van der Waals surface area contributed by atoms with Crippen molar-refractivity contribution in [2.24, 2.45) is 0 Å². The van der Waals surface area contributed by atoms with Gasteiger partial charge in [0.15, 0.2) is 6.10 Å². The average molecular weight is 368 g/mol. The molecule has 2 atom stereocenters. The Morgan fingerprint density at radius 3 is 2.33 bits per heavy atom. The summed E-state index contributed by atoms with van der Waals surface area (Å²) in [4.78, 5) is 24.3. The summed E-state index contributed by atoms with van der Waals surface area (Å²) in [6.45, 7) is 0. The molecule has 2 rings (SSSR count). The van der Waals surface area contributed by atoms with Crippen molar-refractivity contribution in [1.82, 2.24) is 0 Å². The van der Waals surface area contributed by atoms with Crippen molar-refractivity contribution in [3.63, 3.8) is 0 Å². The molecule has 5 nitrogen and oxygen atoms in total. The number of hydrogen-bond donors (Lipinski definition) is 2. The van der Waals surface area contributed by atoms with Gasteiger partial charge in [-0.3, -0.25) is 9.59 Å². The van der Waals surface area contributed by atoms with Gasteiger partial charge in [-0.25, -0.2) is 0 Å². The van der Waals surface area contributed by atoms with Crippen LogP contribution in [0.3, 0.4) is 0 Å². The van der Waals surface area contributed by atoms with Crippen LogP contribution in [0.25, 0.3) is 0 Å². The van der Waals surface area contributed by atoms with Gasteiger partial charge in [0.05, 0.1) is 17.2 Å². The van der Waals surface area contributed by atoms with Gasteiger partial charge in [-0.2, -0.15) is 0 Å². The maximum absolute atomic E-state index is 12.3. The molecule has 0 aliphatic rings. The van der Waals surface area contributed by atoms with Crippen molar-refractivity contribution < 1.29 is 19.4 Å². The summed E-state index contributed by atoms with van der Waals surface area (Å²) < 4.78 is 4.71. The van der Waals surface area contributed by atoms with Gasteiger partial charge in [0, 0.05) is 5.69 Å². The van der Waals surface area contributed by atoms with Crippen LogP contribution in [0.5, 0.6) is 0 Å². The fourth-order valence-corrected chi connectivity index (χ4v) is 2.47. The zero-order chi connectivity index (χ0) is 17.7. The van der Waals surface area contributed by atoms with E-state index in [0.29, 0.717) is 16.3 Å². The van der Waals surface area contributed by atoms with Gasteiger partial charge >= 0.3 is 5.97 Å². The Morgan fingerprint density at radius 1 is 1.08 bits per heavy atom. The molecule has 2 N–H and O–H groups in total. The van der Waals surface area contributed by atoms with E-state index in [1.807, 2.05) is 0 Å². The molecule has 0 saturated heterocycles. The predicted octanol–water partition coefficient (Wildman–Crippen LogP) is 3.25. The lowest BCUT2D eigenvalue weighted by Gasteiger charge is -2.20. The summed E-state index contributed by atoms with van der Waals surface area (Å²) >= 11 is 11.7. The highest BCUT2D eigenvalue weighted by molar-refractivity contribution is 6.42. The van der Waals surface area contributed by atoms with Crippen LogP contribution in [0.1, 0.15) is 11.5 Å². The molecule has 0 aliphatic carbocycles. The van der Waals surface area contributed by atoms with Crippen LogP contribution in [0.2, 0.25) is 10.0 Å². The first-order chi connectivity index (χ1) is 11.4. The summed E-state index contributed by atoms with van der Waals surface area (Å²) in [5.41, 5.74) is 0.825. The second kappa shape index (κ2) is 8.15. The fraction of sp³-hybridized carbons (Fsp3) is 0.176. The number of aliphatic hydroxyl groups is 1. The van der Waals surface area contributed by atoms with Gasteiger partial charge in [-0.15, -0.1) is 0 Å². The highest BCUT2D eigenvalue weighted by atomic mass is 35.5. The average Bonchev–Trinajstić information content (AvgIpc) is 2.59. The number of aliphatic hydroxyl groups excluding tert-OH is 1. The summed E-state index contributed by atoms with van der Waals surface area (Å²) in [6.07, 6.45) is -1.63. The molecule has 0 fully saturated rings. The van der Waals surface area contributed by atoms with Crippen LogP contribution in [0, 0.1) is 0 Å². The molecule has 2 aromatic carbocycles. The quantitative estimate of drug-likeness (QED) is 0.795. The van der Waals surface area contributed by atoms with Gasteiger partial charge in [0.1, 0.15) is 5.92 Å². The minimum Gasteiger partial charge on any atom is -0.468 e. The van der Waals surface area contributed by atoms with E-state index in [1.54, 1.807) is 30.3 Å². The van der Waals surface area contributed by atoms with Gasteiger partial charge in [0.2, 0.25) is 0 Å². The highest BCUT2D eigenvalue weighted by Crippen LogP contribution is 2.26. The summed E-state index contributed by atoms with van der Waals surface area (Å²) in [5, 5.41) is 13.4. The summed E-state index contributed by atoms with van der Waals surface area (Å²) in [6, 6.07) is 12.9. The van der Waals surface area contributed by atoms with Crippen LogP contribution in [0.15, 0.2) is 48.5 Å². The van der Waals surface area contributed by atoms with Crippen LogP contribution in [-0.4, -0.2) is 30.2 Å². The second-order valence-electron chi connectivity index (χ2n) is 4.97. The van der Waals surface area contributed by atoms with Crippen LogP contribution >= 0.6 is 23.2 Å². The molecule has 1 amide bonds. The molecule has 126 valence electrons. The van der Waals surface area contributed by atoms with Crippen molar-refractivity contribution in [2.45, 2.75) is 12.0 Å². The SMILES string of the molecule is COC(=O)C(c1ccccc1)C(O)C(=O)Nc1ccc(Cl)c(Cl)c1. The highest BCUT2D eigenvalue weighted by Gasteiger charge is 2.34. The Kier molecular flexibility index (Phi) is 6.20. The first-order valence-electron chi connectivity index (χ1n) is 7.00. The Balaban J connectivity index is 2.22. The number of amides is 1. The first-order valence-corrected chi connectivity index (χ1v) is 7.76. The molecule has 0 aromatic heterocycles. The van der Waals surface area contributed by atoms with E-state index in [9.17, 15) is 14.7 Å².